The van der Waals surface area contributed by atoms with Gasteiger partial charge in [0.2, 0.25) is 0 Å². The first-order valence-electron chi connectivity index (χ1n) is 7.53. The number of aryl methyl sites for hydroxylation is 2. The summed E-state index contributed by atoms with van der Waals surface area (Å²) in [6.07, 6.45) is 1.01. The zero-order valence-corrected chi connectivity index (χ0v) is 13.4. The van der Waals surface area contributed by atoms with Crippen molar-refractivity contribution in [1.82, 2.24) is 5.32 Å². The third-order valence-electron chi connectivity index (χ3n) is 4.03. The Morgan fingerprint density at radius 3 is 2.57 bits per heavy atom. The second kappa shape index (κ2) is 7.28. The van der Waals surface area contributed by atoms with Gasteiger partial charge in [0.25, 0.3) is 0 Å². The number of benzene rings is 2. The molecule has 1 unspecified atom stereocenters. The zero-order chi connectivity index (χ0) is 15.2. The van der Waals surface area contributed by atoms with Gasteiger partial charge >= 0.3 is 0 Å². The van der Waals surface area contributed by atoms with Crippen LogP contribution in [0.4, 0.5) is 0 Å². The van der Waals surface area contributed by atoms with Gasteiger partial charge < -0.3 is 10.1 Å². The third kappa shape index (κ3) is 4.33. The Labute approximate surface area is 128 Å². The number of ether oxygens (including phenoxy) is 1. The van der Waals surface area contributed by atoms with Crippen LogP contribution in [0.2, 0.25) is 0 Å². The summed E-state index contributed by atoms with van der Waals surface area (Å²) in [5.41, 5.74) is 5.36. The second-order valence-electron chi connectivity index (χ2n) is 5.62. The van der Waals surface area contributed by atoms with Crippen LogP contribution in [0.25, 0.3) is 0 Å². The molecule has 2 aromatic carbocycles. The SMILES string of the molecule is COc1cccc(CCNC(C)c2ccc(C)c(C)c2)c1. The minimum Gasteiger partial charge on any atom is -0.497 e. The van der Waals surface area contributed by atoms with Crippen molar-refractivity contribution in [2.75, 3.05) is 13.7 Å². The van der Waals surface area contributed by atoms with Gasteiger partial charge in [0.1, 0.15) is 5.75 Å². The van der Waals surface area contributed by atoms with E-state index >= 15 is 0 Å². The van der Waals surface area contributed by atoms with Crippen molar-refractivity contribution < 1.29 is 4.74 Å². The fourth-order valence-electron chi connectivity index (χ4n) is 2.41. The Morgan fingerprint density at radius 1 is 1.05 bits per heavy atom. The predicted octanol–water partition coefficient (Wildman–Crippen LogP) is 4.21. The summed E-state index contributed by atoms with van der Waals surface area (Å²) in [4.78, 5) is 0. The monoisotopic (exact) mass is 283 g/mol. The lowest BCUT2D eigenvalue weighted by Gasteiger charge is -2.16. The molecule has 0 saturated heterocycles. The van der Waals surface area contributed by atoms with Gasteiger partial charge in [-0.2, -0.15) is 0 Å². The summed E-state index contributed by atoms with van der Waals surface area (Å²) in [6, 6.07) is 15.3. The maximum Gasteiger partial charge on any atom is 0.119 e. The lowest BCUT2D eigenvalue weighted by molar-refractivity contribution is 0.414. The highest BCUT2D eigenvalue weighted by Gasteiger charge is 2.06. The fourth-order valence-corrected chi connectivity index (χ4v) is 2.41. The highest BCUT2D eigenvalue weighted by atomic mass is 16.5. The van der Waals surface area contributed by atoms with Crippen molar-refractivity contribution in [3.8, 4) is 5.75 Å². The minimum atomic E-state index is 0.370. The molecule has 0 aromatic heterocycles. The van der Waals surface area contributed by atoms with Crippen LogP contribution in [-0.4, -0.2) is 13.7 Å². The van der Waals surface area contributed by atoms with Crippen molar-refractivity contribution in [1.29, 1.82) is 0 Å². The Hall–Kier alpha value is -1.80. The summed E-state index contributed by atoms with van der Waals surface area (Å²) in [6.45, 7) is 7.50. The molecule has 21 heavy (non-hydrogen) atoms. The number of hydrogen-bond acceptors (Lipinski definition) is 2. The summed E-state index contributed by atoms with van der Waals surface area (Å²) < 4.78 is 5.26. The molecule has 0 aliphatic carbocycles. The van der Waals surface area contributed by atoms with E-state index in [-0.39, 0.29) is 0 Å². The lowest BCUT2D eigenvalue weighted by atomic mass is 10.0. The summed E-state index contributed by atoms with van der Waals surface area (Å²) in [7, 11) is 1.71. The molecule has 0 saturated carbocycles. The van der Waals surface area contributed by atoms with E-state index in [0.717, 1.165) is 18.7 Å². The molecule has 0 heterocycles. The first kappa shape index (κ1) is 15.6. The van der Waals surface area contributed by atoms with Crippen LogP contribution >= 0.6 is 0 Å². The summed E-state index contributed by atoms with van der Waals surface area (Å²) in [5.74, 6) is 0.926. The summed E-state index contributed by atoms with van der Waals surface area (Å²) >= 11 is 0. The molecule has 2 aromatic rings. The van der Waals surface area contributed by atoms with Crippen molar-refractivity contribution in [3.05, 3.63) is 64.7 Å². The summed E-state index contributed by atoms with van der Waals surface area (Å²) in [5, 5.41) is 3.59. The molecule has 2 rings (SSSR count). The molecule has 1 atom stereocenters. The van der Waals surface area contributed by atoms with Gasteiger partial charge in [0.15, 0.2) is 0 Å². The van der Waals surface area contributed by atoms with Gasteiger partial charge in [-0.1, -0.05) is 30.3 Å². The molecule has 2 nitrogen and oxygen atoms in total. The lowest BCUT2D eigenvalue weighted by Crippen LogP contribution is -2.21. The van der Waals surface area contributed by atoms with Crippen LogP contribution in [0.15, 0.2) is 42.5 Å². The molecule has 2 heteroatoms. The third-order valence-corrected chi connectivity index (χ3v) is 4.03. The molecule has 1 N–H and O–H groups in total. The van der Waals surface area contributed by atoms with Gasteiger partial charge in [-0.15, -0.1) is 0 Å². The van der Waals surface area contributed by atoms with Crippen molar-refractivity contribution in [2.45, 2.75) is 33.2 Å². The Kier molecular flexibility index (Phi) is 5.40. The van der Waals surface area contributed by atoms with Crippen molar-refractivity contribution >= 4 is 0 Å². The molecule has 0 aliphatic heterocycles. The van der Waals surface area contributed by atoms with Gasteiger partial charge in [-0.25, -0.2) is 0 Å². The van der Waals surface area contributed by atoms with E-state index in [1.165, 1.54) is 22.3 Å². The molecule has 0 amide bonds. The Bertz CT molecular complexity index is 592. The quantitative estimate of drug-likeness (QED) is 0.857. The van der Waals surface area contributed by atoms with Crippen LogP contribution in [0.5, 0.6) is 5.75 Å². The van der Waals surface area contributed by atoms with E-state index in [1.54, 1.807) is 7.11 Å². The maximum atomic E-state index is 5.26. The number of rotatable bonds is 6. The predicted molar refractivity (Wildman–Crippen MR) is 89.0 cm³/mol. The second-order valence-corrected chi connectivity index (χ2v) is 5.62. The van der Waals surface area contributed by atoms with Gasteiger partial charge in [0, 0.05) is 6.04 Å². The largest absolute Gasteiger partial charge is 0.497 e. The normalized spacial score (nSPS) is 12.2. The van der Waals surface area contributed by atoms with E-state index in [0.29, 0.717) is 6.04 Å². The van der Waals surface area contributed by atoms with E-state index in [1.807, 2.05) is 12.1 Å². The van der Waals surface area contributed by atoms with E-state index in [2.05, 4.69) is 56.4 Å². The van der Waals surface area contributed by atoms with Crippen molar-refractivity contribution in [2.24, 2.45) is 0 Å². The van der Waals surface area contributed by atoms with E-state index in [9.17, 15) is 0 Å². The van der Waals surface area contributed by atoms with Crippen LogP contribution in [0, 0.1) is 13.8 Å². The molecular formula is C19H25NO. The van der Waals surface area contributed by atoms with E-state index in [4.69, 9.17) is 4.74 Å². The zero-order valence-electron chi connectivity index (χ0n) is 13.4. The average Bonchev–Trinajstić information content (AvgIpc) is 2.50. The van der Waals surface area contributed by atoms with Gasteiger partial charge in [0.05, 0.1) is 7.11 Å². The Morgan fingerprint density at radius 2 is 1.86 bits per heavy atom. The van der Waals surface area contributed by atoms with Crippen LogP contribution in [0.3, 0.4) is 0 Å². The minimum absolute atomic E-state index is 0.370. The first-order valence-corrected chi connectivity index (χ1v) is 7.53. The fraction of sp³-hybridized carbons (Fsp3) is 0.368. The van der Waals surface area contributed by atoms with Crippen LogP contribution in [0.1, 0.15) is 35.2 Å². The average molecular weight is 283 g/mol. The topological polar surface area (TPSA) is 21.3 Å². The van der Waals surface area contributed by atoms with Gasteiger partial charge in [-0.05, 0) is 68.1 Å². The molecule has 0 aliphatic rings. The molecule has 0 bridgehead atoms. The molecule has 0 spiro atoms. The van der Waals surface area contributed by atoms with Crippen LogP contribution in [-0.2, 0) is 6.42 Å². The van der Waals surface area contributed by atoms with Gasteiger partial charge in [-0.3, -0.25) is 0 Å². The maximum absolute atomic E-state index is 5.26. The van der Waals surface area contributed by atoms with E-state index < -0.39 is 0 Å². The highest BCUT2D eigenvalue weighted by Crippen LogP contribution is 2.17. The highest BCUT2D eigenvalue weighted by molar-refractivity contribution is 5.31. The Balaban J connectivity index is 1.88. The molecule has 112 valence electrons. The van der Waals surface area contributed by atoms with Crippen molar-refractivity contribution in [3.63, 3.8) is 0 Å². The first-order chi connectivity index (χ1) is 10.1. The number of nitrogens with one attached hydrogen (secondary N) is 1. The molecular weight excluding hydrogens is 258 g/mol. The number of hydrogen-bond donors (Lipinski definition) is 1. The smallest absolute Gasteiger partial charge is 0.119 e. The standard InChI is InChI=1S/C19H25NO/c1-14-8-9-18(12-15(14)2)16(3)20-11-10-17-6-5-7-19(13-17)21-4/h5-9,12-13,16,20H,10-11H2,1-4H3. The molecule has 0 fully saturated rings. The van der Waals surface area contributed by atoms with Crippen LogP contribution < -0.4 is 10.1 Å². The number of methoxy groups -OCH3 is 1. The molecule has 0 radical (unpaired) electrons.